The van der Waals surface area contributed by atoms with Crippen LogP contribution in [0.4, 0.5) is 5.69 Å². The molecule has 4 rings (SSSR count). The van der Waals surface area contributed by atoms with Crippen molar-refractivity contribution in [1.82, 2.24) is 10.2 Å². The molecule has 156 valence electrons. The monoisotopic (exact) mass is 425 g/mol. The van der Waals surface area contributed by atoms with Crippen molar-refractivity contribution in [1.29, 1.82) is 0 Å². The predicted molar refractivity (Wildman–Crippen MR) is 118 cm³/mol. The Morgan fingerprint density at radius 3 is 2.83 bits per heavy atom. The summed E-state index contributed by atoms with van der Waals surface area (Å²) in [5.74, 6) is -0.519. The van der Waals surface area contributed by atoms with Gasteiger partial charge in [0.05, 0.1) is 18.3 Å². The maximum absolute atomic E-state index is 12.5. The lowest BCUT2D eigenvalue weighted by atomic mass is 10.0. The molecule has 8 heteroatoms. The van der Waals surface area contributed by atoms with Gasteiger partial charge in [0, 0.05) is 30.0 Å². The SMILES string of the molecule is C=C1c2ccc(C(=O)NCC3CCCO3)cc2NC(=S)N1Cc1ccc(O)c(O)c1. The fraction of sp³-hybridized carbons (Fsp3) is 0.273. The van der Waals surface area contributed by atoms with E-state index in [-0.39, 0.29) is 23.5 Å². The third-order valence-electron chi connectivity index (χ3n) is 5.30. The van der Waals surface area contributed by atoms with Crippen molar-refractivity contribution in [2.45, 2.75) is 25.5 Å². The summed E-state index contributed by atoms with van der Waals surface area (Å²) >= 11 is 5.50. The highest BCUT2D eigenvalue weighted by Gasteiger charge is 2.25. The Labute approximate surface area is 180 Å². The molecule has 2 aromatic carbocycles. The molecule has 0 radical (unpaired) electrons. The summed E-state index contributed by atoms with van der Waals surface area (Å²) in [5, 5.41) is 25.7. The number of carbonyl (C=O) groups is 1. The van der Waals surface area contributed by atoms with Crippen LogP contribution in [0, 0.1) is 0 Å². The van der Waals surface area contributed by atoms with Crippen molar-refractivity contribution >= 4 is 34.6 Å². The minimum absolute atomic E-state index is 0.0879. The molecular formula is C22H23N3O4S. The van der Waals surface area contributed by atoms with Crippen molar-refractivity contribution in [3.05, 3.63) is 59.7 Å². The van der Waals surface area contributed by atoms with Gasteiger partial charge in [-0.2, -0.15) is 0 Å². The van der Waals surface area contributed by atoms with Crippen molar-refractivity contribution < 1.29 is 19.7 Å². The number of phenols is 2. The van der Waals surface area contributed by atoms with Crippen LogP contribution in [0.5, 0.6) is 11.5 Å². The quantitative estimate of drug-likeness (QED) is 0.432. The minimum atomic E-state index is -0.187. The van der Waals surface area contributed by atoms with Gasteiger partial charge >= 0.3 is 0 Å². The molecule has 2 aromatic rings. The third kappa shape index (κ3) is 4.10. The first-order valence-electron chi connectivity index (χ1n) is 9.75. The Kier molecular flexibility index (Phi) is 5.61. The number of nitrogens with zero attached hydrogens (tertiary/aromatic N) is 1. The Bertz CT molecular complexity index is 1020. The van der Waals surface area contributed by atoms with Gasteiger partial charge in [-0.05, 0) is 54.9 Å². The summed E-state index contributed by atoms with van der Waals surface area (Å²) in [6.07, 6.45) is 2.09. The number of anilines is 1. The van der Waals surface area contributed by atoms with E-state index in [1.54, 1.807) is 23.1 Å². The number of hydrogen-bond acceptors (Lipinski definition) is 5. The van der Waals surface area contributed by atoms with E-state index in [0.717, 1.165) is 36.3 Å². The smallest absolute Gasteiger partial charge is 0.251 e. The summed E-state index contributed by atoms with van der Waals surface area (Å²) in [6, 6.07) is 10.00. The van der Waals surface area contributed by atoms with Gasteiger partial charge in [0.15, 0.2) is 16.6 Å². The van der Waals surface area contributed by atoms with E-state index in [0.29, 0.717) is 29.5 Å². The number of ether oxygens (including phenoxy) is 1. The zero-order chi connectivity index (χ0) is 21.3. The summed E-state index contributed by atoms with van der Waals surface area (Å²) < 4.78 is 5.54. The topological polar surface area (TPSA) is 94.1 Å². The van der Waals surface area contributed by atoms with E-state index in [2.05, 4.69) is 17.2 Å². The number of phenolic OH excluding ortho intramolecular Hbond substituents is 2. The average Bonchev–Trinajstić information content (AvgIpc) is 3.25. The molecule has 1 unspecified atom stereocenters. The largest absolute Gasteiger partial charge is 0.504 e. The number of fused-ring (bicyclic) bond motifs is 1. The van der Waals surface area contributed by atoms with E-state index >= 15 is 0 Å². The molecule has 1 saturated heterocycles. The normalized spacial score (nSPS) is 18.1. The van der Waals surface area contributed by atoms with E-state index in [1.165, 1.54) is 12.1 Å². The minimum Gasteiger partial charge on any atom is -0.504 e. The Balaban J connectivity index is 1.48. The molecule has 0 aromatic heterocycles. The summed E-state index contributed by atoms with van der Waals surface area (Å²) in [6.45, 7) is 5.79. The van der Waals surface area contributed by atoms with Crippen LogP contribution in [0.3, 0.4) is 0 Å². The molecule has 2 aliphatic heterocycles. The van der Waals surface area contributed by atoms with E-state index in [9.17, 15) is 15.0 Å². The van der Waals surface area contributed by atoms with Crippen LogP contribution >= 0.6 is 12.2 Å². The van der Waals surface area contributed by atoms with Gasteiger partial charge in [-0.3, -0.25) is 4.79 Å². The third-order valence-corrected chi connectivity index (χ3v) is 5.62. The van der Waals surface area contributed by atoms with Crippen LogP contribution in [0.1, 0.15) is 34.3 Å². The number of aromatic hydroxyl groups is 2. The highest BCUT2D eigenvalue weighted by atomic mass is 32.1. The zero-order valence-electron chi connectivity index (χ0n) is 16.4. The van der Waals surface area contributed by atoms with E-state index < -0.39 is 0 Å². The number of carbonyl (C=O) groups excluding carboxylic acids is 1. The maximum atomic E-state index is 12.5. The van der Waals surface area contributed by atoms with Crippen LogP contribution < -0.4 is 10.6 Å². The number of amides is 1. The van der Waals surface area contributed by atoms with Crippen LogP contribution in [0.2, 0.25) is 0 Å². The van der Waals surface area contributed by atoms with Gasteiger partial charge in [0.1, 0.15) is 0 Å². The molecule has 30 heavy (non-hydrogen) atoms. The van der Waals surface area contributed by atoms with Crippen molar-refractivity contribution in [3.63, 3.8) is 0 Å². The first kappa shape index (κ1) is 20.2. The second-order valence-corrected chi connectivity index (χ2v) is 7.78. The number of rotatable bonds is 5. The molecule has 0 spiro atoms. The Morgan fingerprint density at radius 2 is 2.10 bits per heavy atom. The summed E-state index contributed by atoms with van der Waals surface area (Å²) in [4.78, 5) is 14.3. The second-order valence-electron chi connectivity index (χ2n) is 7.39. The number of thiocarbonyl (C=S) groups is 1. The summed E-state index contributed by atoms with van der Waals surface area (Å²) in [7, 11) is 0. The molecule has 1 fully saturated rings. The molecule has 1 amide bonds. The predicted octanol–water partition coefficient (Wildman–Crippen LogP) is 3.19. The summed E-state index contributed by atoms with van der Waals surface area (Å²) in [5.41, 5.74) is 3.55. The lowest BCUT2D eigenvalue weighted by Gasteiger charge is -2.34. The average molecular weight is 426 g/mol. The van der Waals surface area contributed by atoms with Crippen LogP contribution in [-0.2, 0) is 11.3 Å². The lowest BCUT2D eigenvalue weighted by molar-refractivity contribution is 0.0858. The van der Waals surface area contributed by atoms with Crippen LogP contribution in [0.15, 0.2) is 43.0 Å². The highest BCUT2D eigenvalue weighted by Crippen LogP contribution is 2.34. The molecule has 0 aliphatic carbocycles. The van der Waals surface area contributed by atoms with E-state index in [4.69, 9.17) is 17.0 Å². The fourth-order valence-electron chi connectivity index (χ4n) is 3.62. The molecule has 1 atom stereocenters. The van der Waals surface area contributed by atoms with Crippen molar-refractivity contribution in [2.24, 2.45) is 0 Å². The molecule has 2 heterocycles. The first-order valence-corrected chi connectivity index (χ1v) is 10.2. The molecule has 4 N–H and O–H groups in total. The van der Waals surface area contributed by atoms with Gasteiger partial charge < -0.3 is 30.5 Å². The zero-order valence-corrected chi connectivity index (χ0v) is 17.2. The first-order chi connectivity index (χ1) is 14.4. The number of nitrogens with one attached hydrogen (secondary N) is 2. The second kappa shape index (κ2) is 8.33. The lowest BCUT2D eigenvalue weighted by Crippen LogP contribution is -2.37. The van der Waals surface area contributed by atoms with Gasteiger partial charge in [-0.25, -0.2) is 0 Å². The van der Waals surface area contributed by atoms with Gasteiger partial charge in [0.2, 0.25) is 0 Å². The Hall–Kier alpha value is -3.10. The van der Waals surface area contributed by atoms with Gasteiger partial charge in [-0.1, -0.05) is 18.7 Å². The standard InChI is InChI=1S/C22H23N3O4S/c1-13-17-6-5-15(21(28)23-11-16-3-2-8-29-16)10-18(17)24-22(30)25(13)12-14-4-7-19(26)20(27)9-14/h4-7,9-10,16,26-27H,1-3,8,11-12H2,(H,23,28)(H,24,30). The Morgan fingerprint density at radius 1 is 1.27 bits per heavy atom. The molecule has 0 saturated carbocycles. The molecule has 7 nitrogen and oxygen atoms in total. The van der Waals surface area contributed by atoms with Gasteiger partial charge in [0.25, 0.3) is 5.91 Å². The van der Waals surface area contributed by atoms with Crippen LogP contribution in [-0.4, -0.2) is 45.4 Å². The molecule has 0 bridgehead atoms. The van der Waals surface area contributed by atoms with Crippen molar-refractivity contribution in [2.75, 3.05) is 18.5 Å². The van der Waals surface area contributed by atoms with Crippen molar-refractivity contribution in [3.8, 4) is 11.5 Å². The molecular weight excluding hydrogens is 402 g/mol. The van der Waals surface area contributed by atoms with Gasteiger partial charge in [-0.15, -0.1) is 0 Å². The molecule has 2 aliphatic rings. The fourth-order valence-corrected chi connectivity index (χ4v) is 3.91. The highest BCUT2D eigenvalue weighted by molar-refractivity contribution is 7.80. The van der Waals surface area contributed by atoms with E-state index in [1.807, 2.05) is 6.07 Å². The number of benzene rings is 2. The van der Waals surface area contributed by atoms with Crippen LogP contribution in [0.25, 0.3) is 5.70 Å². The number of hydrogen-bond donors (Lipinski definition) is 4. The maximum Gasteiger partial charge on any atom is 0.251 e.